The molecule has 0 atom stereocenters. The van der Waals surface area contributed by atoms with Crippen LogP contribution in [0.15, 0.2) is 24.3 Å². The summed E-state index contributed by atoms with van der Waals surface area (Å²) in [5.74, 6) is 0. The van der Waals surface area contributed by atoms with E-state index < -0.39 is 0 Å². The van der Waals surface area contributed by atoms with Crippen molar-refractivity contribution in [2.24, 2.45) is 0 Å². The van der Waals surface area contributed by atoms with Gasteiger partial charge in [-0.15, -0.1) is 5.10 Å². The average molecular weight is 344 g/mol. The lowest BCUT2D eigenvalue weighted by molar-refractivity contribution is -0.919. The number of hydrogen-bond donors (Lipinski definition) is 0. The Kier molecular flexibility index (Phi) is 3.67. The summed E-state index contributed by atoms with van der Waals surface area (Å²) in [5.41, 5.74) is 2.14. The molecule has 1 fully saturated rings. The third-order valence-corrected chi connectivity index (χ3v) is 3.54. The van der Waals surface area contributed by atoms with Gasteiger partial charge in [0.25, 0.3) is 0 Å². The smallest absolute Gasteiger partial charge is 0.176 e. The number of para-hydroxylation sites is 1. The SMILES string of the molecule is C[N+]1(Cn2nnc3ccccc32)CCCC1.[I-]. The molecule has 17 heavy (non-hydrogen) atoms. The second-order valence-corrected chi connectivity index (χ2v) is 4.99. The third kappa shape index (κ3) is 2.44. The summed E-state index contributed by atoms with van der Waals surface area (Å²) < 4.78 is 3.13. The van der Waals surface area contributed by atoms with Crippen LogP contribution >= 0.6 is 0 Å². The van der Waals surface area contributed by atoms with Crippen LogP contribution < -0.4 is 24.0 Å². The van der Waals surface area contributed by atoms with Gasteiger partial charge >= 0.3 is 0 Å². The highest BCUT2D eigenvalue weighted by Crippen LogP contribution is 2.19. The van der Waals surface area contributed by atoms with Crippen molar-refractivity contribution in [3.05, 3.63) is 24.3 Å². The topological polar surface area (TPSA) is 30.7 Å². The lowest BCUT2D eigenvalue weighted by atomic mass is 10.3. The first-order chi connectivity index (χ1) is 7.77. The van der Waals surface area contributed by atoms with Crippen molar-refractivity contribution >= 4 is 11.0 Å². The molecule has 0 saturated carbocycles. The molecule has 0 unspecified atom stereocenters. The fourth-order valence-corrected chi connectivity index (χ4v) is 2.59. The Bertz CT molecular complexity index is 502. The Hall–Kier alpha value is -0.690. The van der Waals surface area contributed by atoms with E-state index in [2.05, 4.69) is 23.4 Å². The Morgan fingerprint density at radius 1 is 1.24 bits per heavy atom. The van der Waals surface area contributed by atoms with Crippen molar-refractivity contribution in [1.29, 1.82) is 0 Å². The zero-order valence-corrected chi connectivity index (χ0v) is 12.2. The molecule has 2 aromatic rings. The molecule has 0 spiro atoms. The van der Waals surface area contributed by atoms with Crippen LogP contribution in [0.3, 0.4) is 0 Å². The average Bonchev–Trinajstić information content (AvgIpc) is 2.87. The summed E-state index contributed by atoms with van der Waals surface area (Å²) in [6, 6.07) is 8.17. The molecule has 0 radical (unpaired) electrons. The van der Waals surface area contributed by atoms with Gasteiger partial charge in [-0.2, -0.15) is 4.68 Å². The fourth-order valence-electron chi connectivity index (χ4n) is 2.59. The van der Waals surface area contributed by atoms with Gasteiger partial charge in [-0.25, -0.2) is 0 Å². The predicted molar refractivity (Wildman–Crippen MR) is 62.7 cm³/mol. The molecule has 0 aliphatic carbocycles. The standard InChI is InChI=1S/C12H17N4.HI/c1-16(8-4-5-9-16)10-15-12-7-3-2-6-11(12)13-14-15;/h2-3,6-7H,4-5,8-10H2,1H3;1H/q+1;/p-1. The largest absolute Gasteiger partial charge is 1.00 e. The van der Waals surface area contributed by atoms with Crippen molar-refractivity contribution in [3.8, 4) is 0 Å². The van der Waals surface area contributed by atoms with E-state index in [1.54, 1.807) is 0 Å². The van der Waals surface area contributed by atoms with Crippen LogP contribution in [0.2, 0.25) is 0 Å². The van der Waals surface area contributed by atoms with Gasteiger partial charge in [0.05, 0.1) is 25.7 Å². The molecular weight excluding hydrogens is 327 g/mol. The number of rotatable bonds is 2. The van der Waals surface area contributed by atoms with Crippen LogP contribution in [0.1, 0.15) is 12.8 Å². The van der Waals surface area contributed by atoms with Crippen LogP contribution in [-0.4, -0.2) is 39.6 Å². The van der Waals surface area contributed by atoms with Crippen molar-refractivity contribution < 1.29 is 28.5 Å². The van der Waals surface area contributed by atoms with E-state index in [0.717, 1.165) is 22.2 Å². The fraction of sp³-hybridized carbons (Fsp3) is 0.500. The van der Waals surface area contributed by atoms with E-state index in [9.17, 15) is 0 Å². The molecule has 5 heteroatoms. The molecule has 0 amide bonds. The van der Waals surface area contributed by atoms with Gasteiger partial charge in [-0.05, 0) is 12.1 Å². The van der Waals surface area contributed by atoms with Crippen LogP contribution in [0.25, 0.3) is 11.0 Å². The van der Waals surface area contributed by atoms with Gasteiger partial charge < -0.3 is 28.5 Å². The van der Waals surface area contributed by atoms with Crippen molar-refractivity contribution in [1.82, 2.24) is 15.0 Å². The van der Waals surface area contributed by atoms with Crippen LogP contribution in [0.4, 0.5) is 0 Å². The molecule has 1 aromatic heterocycles. The summed E-state index contributed by atoms with van der Waals surface area (Å²) in [6.07, 6.45) is 2.67. The Morgan fingerprint density at radius 2 is 1.94 bits per heavy atom. The lowest BCUT2D eigenvalue weighted by Crippen LogP contribution is -3.00. The van der Waals surface area contributed by atoms with E-state index in [0.29, 0.717) is 0 Å². The highest BCUT2D eigenvalue weighted by atomic mass is 127. The van der Waals surface area contributed by atoms with Gasteiger partial charge in [-0.1, -0.05) is 17.3 Å². The molecule has 1 aliphatic heterocycles. The number of aromatic nitrogens is 3. The maximum Gasteiger partial charge on any atom is 0.176 e. The summed E-state index contributed by atoms with van der Waals surface area (Å²) in [4.78, 5) is 0. The molecule has 2 heterocycles. The number of halogens is 1. The molecule has 1 saturated heterocycles. The van der Waals surface area contributed by atoms with E-state index in [1.807, 2.05) is 22.9 Å². The quantitative estimate of drug-likeness (QED) is 0.498. The van der Waals surface area contributed by atoms with Crippen LogP contribution in [0.5, 0.6) is 0 Å². The number of likely N-dealkylation sites (tertiary alicyclic amines) is 1. The summed E-state index contributed by atoms with van der Waals surface area (Å²) in [7, 11) is 2.31. The molecule has 1 aliphatic rings. The summed E-state index contributed by atoms with van der Waals surface area (Å²) in [5, 5.41) is 8.45. The van der Waals surface area contributed by atoms with Gasteiger partial charge in [-0.3, -0.25) is 0 Å². The van der Waals surface area contributed by atoms with Gasteiger partial charge in [0.2, 0.25) is 0 Å². The normalized spacial score (nSPS) is 18.2. The number of nitrogens with zero attached hydrogens (tertiary/aromatic N) is 4. The van der Waals surface area contributed by atoms with E-state index in [1.165, 1.54) is 25.9 Å². The second kappa shape index (κ2) is 4.89. The summed E-state index contributed by atoms with van der Waals surface area (Å²) in [6.45, 7) is 3.46. The lowest BCUT2D eigenvalue weighted by Gasteiger charge is -2.28. The number of benzene rings is 1. The van der Waals surface area contributed by atoms with Crippen molar-refractivity contribution in [2.45, 2.75) is 19.5 Å². The molecule has 0 bridgehead atoms. The molecule has 92 valence electrons. The first-order valence-corrected chi connectivity index (χ1v) is 5.89. The molecule has 3 rings (SSSR count). The third-order valence-electron chi connectivity index (χ3n) is 3.54. The van der Waals surface area contributed by atoms with Gasteiger partial charge in [0, 0.05) is 12.8 Å². The van der Waals surface area contributed by atoms with Crippen molar-refractivity contribution in [2.75, 3.05) is 20.1 Å². The minimum atomic E-state index is 0. The van der Waals surface area contributed by atoms with E-state index in [-0.39, 0.29) is 24.0 Å². The first-order valence-electron chi connectivity index (χ1n) is 5.89. The van der Waals surface area contributed by atoms with Gasteiger partial charge in [0.15, 0.2) is 6.67 Å². The first kappa shape index (κ1) is 12.8. The van der Waals surface area contributed by atoms with E-state index in [4.69, 9.17) is 0 Å². The zero-order valence-electron chi connectivity index (χ0n) is 10.0. The monoisotopic (exact) mass is 344 g/mol. The second-order valence-electron chi connectivity index (χ2n) is 4.99. The number of hydrogen-bond acceptors (Lipinski definition) is 2. The highest BCUT2D eigenvalue weighted by molar-refractivity contribution is 5.73. The van der Waals surface area contributed by atoms with Crippen molar-refractivity contribution in [3.63, 3.8) is 0 Å². The molecule has 4 nitrogen and oxygen atoms in total. The maximum atomic E-state index is 4.26. The minimum absolute atomic E-state index is 0. The molecule has 0 N–H and O–H groups in total. The Labute approximate surface area is 118 Å². The Balaban J connectivity index is 0.00000108. The van der Waals surface area contributed by atoms with Crippen LogP contribution in [0, 0.1) is 0 Å². The highest BCUT2D eigenvalue weighted by Gasteiger charge is 2.27. The molecule has 1 aromatic carbocycles. The van der Waals surface area contributed by atoms with Crippen LogP contribution in [-0.2, 0) is 6.67 Å². The predicted octanol–water partition coefficient (Wildman–Crippen LogP) is -1.37. The Morgan fingerprint density at radius 3 is 2.71 bits per heavy atom. The van der Waals surface area contributed by atoms with Gasteiger partial charge in [0.1, 0.15) is 5.52 Å². The minimum Gasteiger partial charge on any atom is -1.00 e. The molecular formula is C12H17IN4. The maximum absolute atomic E-state index is 4.26. The summed E-state index contributed by atoms with van der Waals surface area (Å²) >= 11 is 0. The van der Waals surface area contributed by atoms with E-state index >= 15 is 0 Å². The number of quaternary nitrogens is 1. The number of fused-ring (bicyclic) bond motifs is 1. The zero-order chi connectivity index (χ0) is 11.0.